The van der Waals surface area contributed by atoms with Crippen LogP contribution in [0.1, 0.15) is 72.6 Å². The van der Waals surface area contributed by atoms with Crippen LogP contribution in [0.2, 0.25) is 0 Å². The van der Waals surface area contributed by atoms with E-state index in [1.165, 1.54) is 58.0 Å². The topological polar surface area (TPSA) is 15.3 Å². The van der Waals surface area contributed by atoms with Crippen molar-refractivity contribution < 1.29 is 0 Å². The molecule has 0 heterocycles. The summed E-state index contributed by atoms with van der Waals surface area (Å²) in [7, 11) is 0. The summed E-state index contributed by atoms with van der Waals surface area (Å²) < 4.78 is 0. The maximum atomic E-state index is 3.81. The van der Waals surface area contributed by atoms with Crippen molar-refractivity contribution in [1.29, 1.82) is 0 Å². The summed E-state index contributed by atoms with van der Waals surface area (Å²) >= 11 is 0. The maximum absolute atomic E-state index is 3.81. The minimum Gasteiger partial charge on any atom is -0.312 e. The monoisotopic (exact) mass is 254 g/mol. The second-order valence-electron chi connectivity index (χ2n) is 5.85. The van der Waals surface area contributed by atoms with Gasteiger partial charge < -0.3 is 5.32 Å². The molecule has 1 aliphatic carbocycles. The highest BCUT2D eigenvalue weighted by Crippen LogP contribution is 2.24. The van der Waals surface area contributed by atoms with E-state index in [0.717, 1.165) is 18.1 Å². The number of hydrogen-bond donors (Lipinski definition) is 1. The fraction of sp³-hybridized carbons (Fsp3) is 1.00. The smallest absolute Gasteiger partial charge is 0.0252 e. The zero-order chi connectivity index (χ0) is 13.4. The minimum absolute atomic E-state index is 0.724. The molecule has 1 fully saturated rings. The Labute approximate surface area is 115 Å². The van der Waals surface area contributed by atoms with E-state index in [2.05, 4.69) is 37.9 Å². The summed E-state index contributed by atoms with van der Waals surface area (Å²) in [6.07, 6.45) is 9.54. The highest BCUT2D eigenvalue weighted by Gasteiger charge is 2.29. The SMILES string of the molecule is CCCNC1CCCCCC1N(CC)C(C)CC. The van der Waals surface area contributed by atoms with E-state index < -0.39 is 0 Å². The summed E-state index contributed by atoms with van der Waals surface area (Å²) in [6, 6.07) is 2.21. The third-order valence-corrected chi connectivity index (χ3v) is 4.58. The lowest BCUT2D eigenvalue weighted by Crippen LogP contribution is -2.52. The Hall–Kier alpha value is -0.0800. The highest BCUT2D eigenvalue weighted by atomic mass is 15.2. The van der Waals surface area contributed by atoms with Gasteiger partial charge >= 0.3 is 0 Å². The lowest BCUT2D eigenvalue weighted by Gasteiger charge is -2.39. The van der Waals surface area contributed by atoms with Gasteiger partial charge in [0.15, 0.2) is 0 Å². The van der Waals surface area contributed by atoms with Gasteiger partial charge in [-0.1, -0.05) is 40.0 Å². The first-order chi connectivity index (χ1) is 8.74. The van der Waals surface area contributed by atoms with Crippen molar-refractivity contribution in [2.75, 3.05) is 13.1 Å². The van der Waals surface area contributed by atoms with E-state index in [1.54, 1.807) is 0 Å². The predicted molar refractivity (Wildman–Crippen MR) is 81.1 cm³/mol. The van der Waals surface area contributed by atoms with E-state index in [0.29, 0.717) is 0 Å². The fourth-order valence-electron chi connectivity index (χ4n) is 3.36. The van der Waals surface area contributed by atoms with Gasteiger partial charge in [0.1, 0.15) is 0 Å². The molecule has 0 spiro atoms. The standard InChI is InChI=1S/C16H34N2/c1-5-13-17-15-11-9-8-10-12-16(15)18(7-3)14(4)6-2/h14-17H,5-13H2,1-4H3. The lowest BCUT2D eigenvalue weighted by atomic mass is 9.98. The van der Waals surface area contributed by atoms with Crippen LogP contribution in [0.5, 0.6) is 0 Å². The highest BCUT2D eigenvalue weighted by molar-refractivity contribution is 4.88. The van der Waals surface area contributed by atoms with Crippen molar-refractivity contribution >= 4 is 0 Å². The van der Waals surface area contributed by atoms with Crippen molar-refractivity contribution in [3.05, 3.63) is 0 Å². The molecule has 2 nitrogen and oxygen atoms in total. The fourth-order valence-corrected chi connectivity index (χ4v) is 3.36. The van der Waals surface area contributed by atoms with E-state index in [4.69, 9.17) is 0 Å². The van der Waals surface area contributed by atoms with Crippen LogP contribution in [0.4, 0.5) is 0 Å². The quantitative estimate of drug-likeness (QED) is 0.695. The van der Waals surface area contributed by atoms with Gasteiger partial charge in [0.25, 0.3) is 0 Å². The van der Waals surface area contributed by atoms with E-state index in [1.807, 2.05) is 0 Å². The van der Waals surface area contributed by atoms with Gasteiger partial charge in [-0.15, -0.1) is 0 Å². The molecule has 0 aromatic carbocycles. The Kier molecular flexibility index (Phi) is 7.92. The molecular formula is C16H34N2. The average Bonchev–Trinajstić information content (AvgIpc) is 2.62. The normalized spacial score (nSPS) is 27.2. The Morgan fingerprint density at radius 3 is 2.44 bits per heavy atom. The number of rotatable bonds is 7. The summed E-state index contributed by atoms with van der Waals surface area (Å²) in [5.74, 6) is 0. The lowest BCUT2D eigenvalue weighted by molar-refractivity contribution is 0.110. The second kappa shape index (κ2) is 8.92. The van der Waals surface area contributed by atoms with Crippen molar-refractivity contribution in [3.63, 3.8) is 0 Å². The van der Waals surface area contributed by atoms with Crippen molar-refractivity contribution in [3.8, 4) is 0 Å². The predicted octanol–water partition coefficient (Wildman–Crippen LogP) is 3.81. The number of hydrogen-bond acceptors (Lipinski definition) is 2. The van der Waals surface area contributed by atoms with Gasteiger partial charge in [-0.25, -0.2) is 0 Å². The van der Waals surface area contributed by atoms with Crippen LogP contribution in [-0.2, 0) is 0 Å². The minimum atomic E-state index is 0.724. The van der Waals surface area contributed by atoms with Gasteiger partial charge in [0.05, 0.1) is 0 Å². The third kappa shape index (κ3) is 4.55. The molecule has 1 saturated carbocycles. The summed E-state index contributed by atoms with van der Waals surface area (Å²) in [4.78, 5) is 2.75. The number of nitrogens with zero attached hydrogens (tertiary/aromatic N) is 1. The molecule has 0 amide bonds. The van der Waals surface area contributed by atoms with Crippen LogP contribution in [0, 0.1) is 0 Å². The molecular weight excluding hydrogens is 220 g/mol. The van der Waals surface area contributed by atoms with Crippen LogP contribution in [-0.4, -0.2) is 36.1 Å². The van der Waals surface area contributed by atoms with Gasteiger partial charge in [-0.2, -0.15) is 0 Å². The molecule has 108 valence electrons. The molecule has 3 atom stereocenters. The number of nitrogens with one attached hydrogen (secondary N) is 1. The van der Waals surface area contributed by atoms with E-state index in [-0.39, 0.29) is 0 Å². The molecule has 18 heavy (non-hydrogen) atoms. The largest absolute Gasteiger partial charge is 0.312 e. The summed E-state index contributed by atoms with van der Waals surface area (Å²) in [6.45, 7) is 11.7. The Balaban J connectivity index is 2.69. The number of likely N-dealkylation sites (N-methyl/N-ethyl adjacent to an activating group) is 1. The molecule has 1 aliphatic rings. The van der Waals surface area contributed by atoms with E-state index >= 15 is 0 Å². The van der Waals surface area contributed by atoms with Gasteiger partial charge in [-0.05, 0) is 45.7 Å². The summed E-state index contributed by atoms with van der Waals surface area (Å²) in [5, 5.41) is 3.81. The van der Waals surface area contributed by atoms with Crippen molar-refractivity contribution in [2.45, 2.75) is 90.8 Å². The Morgan fingerprint density at radius 2 is 1.83 bits per heavy atom. The van der Waals surface area contributed by atoms with Gasteiger partial charge in [-0.3, -0.25) is 4.90 Å². The Morgan fingerprint density at radius 1 is 1.11 bits per heavy atom. The van der Waals surface area contributed by atoms with Crippen LogP contribution in [0.3, 0.4) is 0 Å². The molecule has 0 aliphatic heterocycles. The average molecular weight is 254 g/mol. The molecule has 2 heteroatoms. The molecule has 1 N–H and O–H groups in total. The second-order valence-corrected chi connectivity index (χ2v) is 5.85. The zero-order valence-electron chi connectivity index (χ0n) is 13.0. The Bertz CT molecular complexity index is 205. The van der Waals surface area contributed by atoms with Crippen LogP contribution < -0.4 is 5.32 Å². The molecule has 0 radical (unpaired) electrons. The van der Waals surface area contributed by atoms with Crippen molar-refractivity contribution in [1.82, 2.24) is 10.2 Å². The third-order valence-electron chi connectivity index (χ3n) is 4.58. The molecule has 3 unspecified atom stereocenters. The molecule has 0 bridgehead atoms. The molecule has 0 saturated heterocycles. The van der Waals surface area contributed by atoms with Gasteiger partial charge in [0, 0.05) is 18.1 Å². The van der Waals surface area contributed by atoms with E-state index in [9.17, 15) is 0 Å². The molecule has 1 rings (SSSR count). The van der Waals surface area contributed by atoms with Crippen molar-refractivity contribution in [2.24, 2.45) is 0 Å². The first-order valence-corrected chi connectivity index (χ1v) is 8.23. The summed E-state index contributed by atoms with van der Waals surface area (Å²) in [5.41, 5.74) is 0. The van der Waals surface area contributed by atoms with Gasteiger partial charge in [0.2, 0.25) is 0 Å². The van der Waals surface area contributed by atoms with Crippen LogP contribution in [0.25, 0.3) is 0 Å². The molecule has 0 aromatic heterocycles. The van der Waals surface area contributed by atoms with Crippen LogP contribution >= 0.6 is 0 Å². The molecule has 0 aromatic rings. The first-order valence-electron chi connectivity index (χ1n) is 8.23. The van der Waals surface area contributed by atoms with Crippen LogP contribution in [0.15, 0.2) is 0 Å². The zero-order valence-corrected chi connectivity index (χ0v) is 13.0. The first kappa shape index (κ1) is 16.0. The maximum Gasteiger partial charge on any atom is 0.0252 e.